The van der Waals surface area contributed by atoms with Crippen LogP contribution >= 0.6 is 0 Å². The van der Waals surface area contributed by atoms with E-state index in [0.717, 1.165) is 11.8 Å². The van der Waals surface area contributed by atoms with E-state index in [4.69, 9.17) is 9.47 Å². The molecule has 0 N–H and O–H groups in total. The molecule has 1 aromatic carbocycles. The Morgan fingerprint density at radius 1 is 1.30 bits per heavy atom. The van der Waals surface area contributed by atoms with Crippen LogP contribution in [0.5, 0.6) is 11.5 Å². The van der Waals surface area contributed by atoms with Gasteiger partial charge in [-0.05, 0) is 25.1 Å². The Morgan fingerprint density at radius 2 is 2.10 bits per heavy atom. The molecule has 0 bridgehead atoms. The summed E-state index contributed by atoms with van der Waals surface area (Å²) < 4.78 is 23.7. The van der Waals surface area contributed by atoms with Gasteiger partial charge in [0.05, 0.1) is 18.4 Å². The molecule has 2 rings (SSSR count). The molecular weight excluding hydrogens is 261 g/mol. The average Bonchev–Trinajstić information content (AvgIpc) is 2.45. The third kappa shape index (κ3) is 3.32. The smallest absolute Gasteiger partial charge is 0.153 e. The number of hydrogen-bond donors (Lipinski definition) is 0. The van der Waals surface area contributed by atoms with Crippen molar-refractivity contribution in [3.05, 3.63) is 53.1 Å². The van der Waals surface area contributed by atoms with Crippen molar-refractivity contribution < 1.29 is 18.7 Å². The molecule has 0 saturated carbocycles. The Bertz CT molecular complexity index is 629. The van der Waals surface area contributed by atoms with E-state index in [0.29, 0.717) is 23.5 Å². The van der Waals surface area contributed by atoms with Gasteiger partial charge in [-0.3, -0.25) is 9.78 Å². The van der Waals surface area contributed by atoms with Crippen molar-refractivity contribution in [3.8, 4) is 11.5 Å². The Balaban J connectivity index is 2.16. The zero-order valence-electron chi connectivity index (χ0n) is 11.2. The molecule has 0 aliphatic carbocycles. The van der Waals surface area contributed by atoms with Crippen LogP contribution in [0.15, 0.2) is 30.3 Å². The Hall–Kier alpha value is -2.43. The first-order valence-corrected chi connectivity index (χ1v) is 6.01. The van der Waals surface area contributed by atoms with Crippen molar-refractivity contribution in [1.29, 1.82) is 0 Å². The summed E-state index contributed by atoms with van der Waals surface area (Å²) in [6.07, 6.45) is 0.558. The van der Waals surface area contributed by atoms with Crippen molar-refractivity contribution in [1.82, 2.24) is 4.98 Å². The second kappa shape index (κ2) is 6.14. The molecule has 0 spiro atoms. The van der Waals surface area contributed by atoms with Crippen molar-refractivity contribution in [3.63, 3.8) is 0 Å². The molecule has 0 aliphatic heterocycles. The molecule has 0 radical (unpaired) electrons. The molecule has 4 nitrogen and oxygen atoms in total. The number of halogens is 1. The third-order valence-electron chi connectivity index (χ3n) is 2.69. The molecule has 0 atom stereocenters. The van der Waals surface area contributed by atoms with Crippen LogP contribution in [-0.4, -0.2) is 18.4 Å². The highest BCUT2D eigenvalue weighted by molar-refractivity contribution is 5.79. The predicted molar refractivity (Wildman–Crippen MR) is 71.6 cm³/mol. The average molecular weight is 275 g/mol. The van der Waals surface area contributed by atoms with Crippen LogP contribution in [0.3, 0.4) is 0 Å². The summed E-state index contributed by atoms with van der Waals surface area (Å²) in [5.41, 5.74) is 1.64. The van der Waals surface area contributed by atoms with Gasteiger partial charge in [-0.25, -0.2) is 4.39 Å². The highest BCUT2D eigenvalue weighted by Crippen LogP contribution is 2.20. The number of rotatable bonds is 5. The van der Waals surface area contributed by atoms with Crippen LogP contribution in [0.4, 0.5) is 4.39 Å². The van der Waals surface area contributed by atoms with E-state index in [9.17, 15) is 9.18 Å². The zero-order chi connectivity index (χ0) is 14.5. The summed E-state index contributed by atoms with van der Waals surface area (Å²) in [5.74, 6) is 0.532. The highest BCUT2D eigenvalue weighted by atomic mass is 19.1. The number of aldehydes is 1. The lowest BCUT2D eigenvalue weighted by atomic mass is 10.2. The van der Waals surface area contributed by atoms with E-state index < -0.39 is 5.82 Å². The van der Waals surface area contributed by atoms with Gasteiger partial charge in [0.2, 0.25) is 0 Å². The standard InChI is InChI=1S/C15H14FNO3/c1-10-5-14(19-2)7-13(17-10)9-20-15-4-3-12(16)6-11(15)8-18/h3-8H,9H2,1-2H3. The topological polar surface area (TPSA) is 48.4 Å². The number of hydrogen-bond acceptors (Lipinski definition) is 4. The number of methoxy groups -OCH3 is 1. The monoisotopic (exact) mass is 275 g/mol. The number of carbonyl (C=O) groups excluding carboxylic acids is 1. The molecule has 0 aliphatic rings. The molecule has 0 unspecified atom stereocenters. The number of ether oxygens (including phenoxy) is 2. The first-order valence-electron chi connectivity index (χ1n) is 6.01. The summed E-state index contributed by atoms with van der Waals surface area (Å²) >= 11 is 0. The molecule has 104 valence electrons. The molecule has 0 fully saturated rings. The van der Waals surface area contributed by atoms with E-state index in [2.05, 4.69) is 4.98 Å². The van der Waals surface area contributed by atoms with E-state index in [1.807, 2.05) is 6.92 Å². The predicted octanol–water partition coefficient (Wildman–Crippen LogP) is 2.93. The van der Waals surface area contributed by atoms with Gasteiger partial charge in [-0.2, -0.15) is 0 Å². The Kier molecular flexibility index (Phi) is 4.30. The summed E-state index contributed by atoms with van der Waals surface area (Å²) in [5, 5.41) is 0. The van der Waals surface area contributed by atoms with Crippen LogP contribution in [-0.2, 0) is 6.61 Å². The Labute approximate surface area is 116 Å². The Morgan fingerprint density at radius 3 is 2.80 bits per heavy atom. The lowest BCUT2D eigenvalue weighted by Gasteiger charge is -2.09. The molecule has 0 amide bonds. The fourth-order valence-electron chi connectivity index (χ4n) is 1.79. The largest absolute Gasteiger partial charge is 0.497 e. The van der Waals surface area contributed by atoms with E-state index in [-0.39, 0.29) is 12.2 Å². The number of carbonyl (C=O) groups is 1. The van der Waals surface area contributed by atoms with Crippen molar-refractivity contribution in [2.24, 2.45) is 0 Å². The minimum atomic E-state index is -0.477. The number of nitrogens with zero attached hydrogens (tertiary/aromatic N) is 1. The van der Waals surface area contributed by atoms with Crippen LogP contribution in [0.1, 0.15) is 21.7 Å². The van der Waals surface area contributed by atoms with Crippen LogP contribution in [0.2, 0.25) is 0 Å². The van der Waals surface area contributed by atoms with Gasteiger partial charge in [-0.15, -0.1) is 0 Å². The number of pyridine rings is 1. The number of aryl methyl sites for hydroxylation is 1. The molecular formula is C15H14FNO3. The van der Waals surface area contributed by atoms with Crippen molar-refractivity contribution in [2.45, 2.75) is 13.5 Å². The normalized spacial score (nSPS) is 10.2. The minimum Gasteiger partial charge on any atom is -0.497 e. The summed E-state index contributed by atoms with van der Waals surface area (Å²) in [6, 6.07) is 7.35. The number of benzene rings is 1. The zero-order valence-corrected chi connectivity index (χ0v) is 11.2. The maximum Gasteiger partial charge on any atom is 0.153 e. The minimum absolute atomic E-state index is 0.171. The highest BCUT2D eigenvalue weighted by Gasteiger charge is 2.07. The fourth-order valence-corrected chi connectivity index (χ4v) is 1.79. The van der Waals surface area contributed by atoms with Gasteiger partial charge in [0.15, 0.2) is 6.29 Å². The molecule has 2 aromatic rings. The summed E-state index contributed by atoms with van der Waals surface area (Å²) in [6.45, 7) is 2.02. The second-order valence-corrected chi connectivity index (χ2v) is 4.23. The van der Waals surface area contributed by atoms with Crippen molar-refractivity contribution in [2.75, 3.05) is 7.11 Å². The molecule has 0 saturated heterocycles. The van der Waals surface area contributed by atoms with Crippen LogP contribution < -0.4 is 9.47 Å². The van der Waals surface area contributed by atoms with E-state index in [1.54, 1.807) is 19.2 Å². The van der Waals surface area contributed by atoms with E-state index >= 15 is 0 Å². The molecule has 1 heterocycles. The van der Waals surface area contributed by atoms with Gasteiger partial charge in [0, 0.05) is 17.8 Å². The lowest BCUT2D eigenvalue weighted by molar-refractivity contribution is 0.111. The lowest BCUT2D eigenvalue weighted by Crippen LogP contribution is -2.02. The summed E-state index contributed by atoms with van der Waals surface area (Å²) in [4.78, 5) is 15.2. The first kappa shape index (κ1) is 14.0. The fraction of sp³-hybridized carbons (Fsp3) is 0.200. The second-order valence-electron chi connectivity index (χ2n) is 4.23. The van der Waals surface area contributed by atoms with Gasteiger partial charge in [0.1, 0.15) is 23.9 Å². The van der Waals surface area contributed by atoms with Gasteiger partial charge >= 0.3 is 0 Å². The SMILES string of the molecule is COc1cc(C)nc(COc2ccc(F)cc2C=O)c1. The van der Waals surface area contributed by atoms with Gasteiger partial charge < -0.3 is 9.47 Å². The summed E-state index contributed by atoms with van der Waals surface area (Å²) in [7, 11) is 1.57. The number of aromatic nitrogens is 1. The molecule has 1 aromatic heterocycles. The van der Waals surface area contributed by atoms with Gasteiger partial charge in [-0.1, -0.05) is 0 Å². The molecule has 5 heteroatoms. The first-order chi connectivity index (χ1) is 9.62. The van der Waals surface area contributed by atoms with Crippen molar-refractivity contribution >= 4 is 6.29 Å². The quantitative estimate of drug-likeness (QED) is 0.787. The maximum atomic E-state index is 13.0. The van der Waals surface area contributed by atoms with Gasteiger partial charge in [0.25, 0.3) is 0 Å². The maximum absolute atomic E-state index is 13.0. The third-order valence-corrected chi connectivity index (χ3v) is 2.69. The molecule has 20 heavy (non-hydrogen) atoms. The van der Waals surface area contributed by atoms with Crippen LogP contribution in [0, 0.1) is 12.7 Å². The van der Waals surface area contributed by atoms with Crippen LogP contribution in [0.25, 0.3) is 0 Å². The van der Waals surface area contributed by atoms with E-state index in [1.165, 1.54) is 12.1 Å².